The Bertz CT molecular complexity index is 1880. The van der Waals surface area contributed by atoms with Crippen molar-refractivity contribution in [2.45, 2.75) is 25.9 Å². The van der Waals surface area contributed by atoms with E-state index in [4.69, 9.17) is 21.7 Å². The van der Waals surface area contributed by atoms with Gasteiger partial charge in [-0.15, -0.1) is 0 Å². The van der Waals surface area contributed by atoms with Crippen LogP contribution in [0.4, 0.5) is 11.4 Å². The first-order chi connectivity index (χ1) is 22.4. The summed E-state index contributed by atoms with van der Waals surface area (Å²) >= 11 is 5.94. The molecule has 0 bridgehead atoms. The van der Waals surface area contributed by atoms with Crippen molar-refractivity contribution in [3.05, 3.63) is 138 Å². The normalized spacial score (nSPS) is 15.7. The summed E-state index contributed by atoms with van der Waals surface area (Å²) in [5.41, 5.74) is 6.48. The zero-order valence-electron chi connectivity index (χ0n) is 25.6. The second-order valence-corrected chi connectivity index (χ2v) is 11.3. The fraction of sp³-hybridized carbons (Fsp3) is 0.167. The van der Waals surface area contributed by atoms with Gasteiger partial charge in [-0.3, -0.25) is 9.78 Å². The van der Waals surface area contributed by atoms with Crippen LogP contribution >= 0.6 is 12.2 Å². The largest absolute Gasteiger partial charge is 0.484 e. The number of methoxy groups -OCH3 is 1. The van der Waals surface area contributed by atoms with Crippen LogP contribution in [0.2, 0.25) is 0 Å². The quantitative estimate of drug-likeness (QED) is 0.141. The summed E-state index contributed by atoms with van der Waals surface area (Å²) in [4.78, 5) is 32.0. The van der Waals surface area contributed by atoms with Crippen LogP contribution in [0.15, 0.2) is 109 Å². The van der Waals surface area contributed by atoms with Gasteiger partial charge >= 0.3 is 5.97 Å². The number of aryl methyl sites for hydroxylation is 1. The number of nitrogens with zero attached hydrogens (tertiary/aromatic N) is 3. The van der Waals surface area contributed by atoms with Gasteiger partial charge in [-0.1, -0.05) is 36.4 Å². The van der Waals surface area contributed by atoms with Crippen LogP contribution in [-0.4, -0.2) is 40.3 Å². The Morgan fingerprint density at radius 3 is 2.37 bits per heavy atom. The predicted octanol–water partition coefficient (Wildman–Crippen LogP) is 6.47. The predicted molar refractivity (Wildman–Crippen MR) is 182 cm³/mol. The van der Waals surface area contributed by atoms with Gasteiger partial charge in [0.2, 0.25) is 0 Å². The average Bonchev–Trinajstić information content (AvgIpc) is 3.58. The summed E-state index contributed by atoms with van der Waals surface area (Å²) in [6.07, 6.45) is 1.77. The number of rotatable bonds is 9. The number of anilines is 2. The van der Waals surface area contributed by atoms with Gasteiger partial charge in [-0.25, -0.2) is 4.79 Å². The maximum Gasteiger partial charge on any atom is 0.339 e. The molecule has 9 nitrogen and oxygen atoms in total. The molecular formula is C36H33N5O4S. The summed E-state index contributed by atoms with van der Waals surface area (Å²) in [5, 5.41) is 6.95. The standard InChI is InChI=1S/C36H33N5O4S/c1-23-21-29(24(2)40(23)31-15-8-7-13-28(31)35(43)44-3)34-33(30-14-9-10-20-37-30)39-36(46)41(34)26-18-16-25(17-19-26)38-32(42)22-45-27-11-5-4-6-12-27/h4-21,33-34H,22H2,1-3H3,(H,38,42)(H,39,46). The van der Waals surface area contributed by atoms with Crippen molar-refractivity contribution >= 4 is 40.6 Å². The molecule has 0 spiro atoms. The van der Waals surface area contributed by atoms with Crippen molar-refractivity contribution in [1.82, 2.24) is 14.9 Å². The number of thiocarbonyl (C=S) groups is 1. The van der Waals surface area contributed by atoms with E-state index in [-0.39, 0.29) is 24.6 Å². The minimum atomic E-state index is -0.403. The highest BCUT2D eigenvalue weighted by molar-refractivity contribution is 7.80. The second-order valence-electron chi connectivity index (χ2n) is 10.9. The molecule has 2 aromatic heterocycles. The van der Waals surface area contributed by atoms with Gasteiger partial charge in [0.05, 0.1) is 36.1 Å². The number of hydrogen-bond acceptors (Lipinski definition) is 6. The Morgan fingerprint density at radius 2 is 1.65 bits per heavy atom. The third kappa shape index (κ3) is 6.07. The molecule has 0 aliphatic carbocycles. The van der Waals surface area contributed by atoms with Crippen LogP contribution in [0.3, 0.4) is 0 Å². The lowest BCUT2D eigenvalue weighted by Gasteiger charge is -2.28. The molecule has 1 amide bonds. The van der Waals surface area contributed by atoms with E-state index >= 15 is 0 Å². The molecule has 6 rings (SSSR count). The van der Waals surface area contributed by atoms with Crippen LogP contribution in [0.5, 0.6) is 5.75 Å². The molecule has 2 atom stereocenters. The minimum Gasteiger partial charge on any atom is -0.484 e. The number of nitrogens with one attached hydrogen (secondary N) is 2. The highest BCUT2D eigenvalue weighted by Crippen LogP contribution is 2.44. The van der Waals surface area contributed by atoms with E-state index in [2.05, 4.69) is 31.2 Å². The van der Waals surface area contributed by atoms with E-state index in [1.54, 1.807) is 24.4 Å². The van der Waals surface area contributed by atoms with Gasteiger partial charge in [0, 0.05) is 29.0 Å². The van der Waals surface area contributed by atoms with Crippen molar-refractivity contribution in [3.8, 4) is 11.4 Å². The lowest BCUT2D eigenvalue weighted by atomic mass is 9.96. The number of carbonyl (C=O) groups is 2. The number of esters is 1. The third-order valence-corrected chi connectivity index (χ3v) is 8.29. The van der Waals surface area contributed by atoms with Crippen LogP contribution in [0.1, 0.15) is 45.1 Å². The molecule has 232 valence electrons. The number of aromatic nitrogens is 2. The zero-order valence-corrected chi connectivity index (χ0v) is 26.5. The molecule has 3 aromatic carbocycles. The topological polar surface area (TPSA) is 97.7 Å². The number of pyridine rings is 1. The molecule has 1 saturated heterocycles. The fourth-order valence-electron chi connectivity index (χ4n) is 5.93. The smallest absolute Gasteiger partial charge is 0.339 e. The number of ether oxygens (including phenoxy) is 2. The lowest BCUT2D eigenvalue weighted by molar-refractivity contribution is -0.118. The number of amides is 1. The molecule has 1 aliphatic rings. The Hall–Kier alpha value is -5.48. The van der Waals surface area contributed by atoms with Gasteiger partial charge < -0.3 is 29.6 Å². The summed E-state index contributed by atoms with van der Waals surface area (Å²) in [6.45, 7) is 3.96. The SMILES string of the molecule is COC(=O)c1ccccc1-n1c(C)cc(C2C(c3ccccn3)NC(=S)N2c2ccc(NC(=O)COc3ccccc3)cc2)c1C. The molecule has 10 heteroatoms. The molecule has 5 aromatic rings. The van der Waals surface area contributed by atoms with Crippen LogP contribution in [0, 0.1) is 13.8 Å². The van der Waals surface area contributed by atoms with E-state index in [1.165, 1.54) is 7.11 Å². The van der Waals surface area contributed by atoms with E-state index in [0.717, 1.165) is 34.0 Å². The second kappa shape index (κ2) is 13.3. The number of hydrogen-bond donors (Lipinski definition) is 2. The molecule has 0 radical (unpaired) electrons. The Morgan fingerprint density at radius 1 is 0.935 bits per heavy atom. The number of para-hydroxylation sites is 2. The van der Waals surface area contributed by atoms with Crippen LogP contribution < -0.4 is 20.3 Å². The van der Waals surface area contributed by atoms with E-state index in [0.29, 0.717) is 22.1 Å². The zero-order chi connectivity index (χ0) is 32.2. The highest BCUT2D eigenvalue weighted by atomic mass is 32.1. The van der Waals surface area contributed by atoms with Crippen molar-refractivity contribution in [1.29, 1.82) is 0 Å². The Balaban J connectivity index is 1.33. The summed E-state index contributed by atoms with van der Waals surface area (Å²) in [7, 11) is 1.38. The first-order valence-electron chi connectivity index (χ1n) is 14.8. The molecule has 0 saturated carbocycles. The first-order valence-corrected chi connectivity index (χ1v) is 15.2. The minimum absolute atomic E-state index is 0.103. The highest BCUT2D eigenvalue weighted by Gasteiger charge is 2.42. The molecule has 2 unspecified atom stereocenters. The van der Waals surface area contributed by atoms with Crippen molar-refractivity contribution in [3.63, 3.8) is 0 Å². The van der Waals surface area contributed by atoms with Gasteiger partial charge in [0.15, 0.2) is 11.7 Å². The molecule has 46 heavy (non-hydrogen) atoms. The van der Waals surface area contributed by atoms with E-state index in [1.807, 2.05) is 92.7 Å². The van der Waals surface area contributed by atoms with Gasteiger partial charge in [-0.05, 0) is 98.4 Å². The monoisotopic (exact) mass is 631 g/mol. The summed E-state index contributed by atoms with van der Waals surface area (Å²) in [6, 6.07) is 31.6. The molecular weight excluding hydrogens is 598 g/mol. The number of carbonyl (C=O) groups excluding carboxylic acids is 2. The van der Waals surface area contributed by atoms with Crippen molar-refractivity contribution in [2.24, 2.45) is 0 Å². The first kappa shape index (κ1) is 30.5. The Kier molecular flexibility index (Phi) is 8.80. The fourth-order valence-corrected chi connectivity index (χ4v) is 6.27. The van der Waals surface area contributed by atoms with E-state index in [9.17, 15) is 9.59 Å². The van der Waals surface area contributed by atoms with E-state index < -0.39 is 5.97 Å². The van der Waals surface area contributed by atoms with Crippen molar-refractivity contribution in [2.75, 3.05) is 23.9 Å². The maximum atomic E-state index is 12.7. The van der Waals surface area contributed by atoms with Crippen LogP contribution in [0.25, 0.3) is 5.69 Å². The van der Waals surface area contributed by atoms with Gasteiger partial charge in [0.25, 0.3) is 5.91 Å². The molecule has 3 heterocycles. The molecule has 1 aliphatic heterocycles. The van der Waals surface area contributed by atoms with Gasteiger partial charge in [-0.2, -0.15) is 0 Å². The number of benzene rings is 3. The van der Waals surface area contributed by atoms with Gasteiger partial charge in [0.1, 0.15) is 5.75 Å². The molecule has 2 N–H and O–H groups in total. The maximum absolute atomic E-state index is 12.7. The Labute approximate surface area is 272 Å². The summed E-state index contributed by atoms with van der Waals surface area (Å²) in [5.74, 6) is -0.0346. The molecule has 1 fully saturated rings. The lowest BCUT2D eigenvalue weighted by Crippen LogP contribution is -2.29. The van der Waals surface area contributed by atoms with Crippen molar-refractivity contribution < 1.29 is 19.1 Å². The average molecular weight is 632 g/mol. The van der Waals surface area contributed by atoms with Crippen LogP contribution in [-0.2, 0) is 9.53 Å². The summed E-state index contributed by atoms with van der Waals surface area (Å²) < 4.78 is 12.7. The third-order valence-electron chi connectivity index (χ3n) is 7.98.